The Morgan fingerprint density at radius 2 is 2.12 bits per heavy atom. The minimum atomic E-state index is 0.536. The molecule has 1 nitrogen and oxygen atoms in total. The molecule has 1 aromatic heterocycles. The number of halogens is 1. The highest BCUT2D eigenvalue weighted by Gasteiger charge is 2.06. The first-order chi connectivity index (χ1) is 8.20. The molecule has 0 aliphatic heterocycles. The van der Waals surface area contributed by atoms with Crippen LogP contribution in [0.2, 0.25) is 0 Å². The summed E-state index contributed by atoms with van der Waals surface area (Å²) in [6, 6.07) is 10.5. The van der Waals surface area contributed by atoms with Gasteiger partial charge in [0.05, 0.1) is 5.52 Å². The lowest BCUT2D eigenvalue weighted by Gasteiger charge is -2.10. The van der Waals surface area contributed by atoms with Gasteiger partial charge in [-0.25, -0.2) is 0 Å². The number of benzene rings is 1. The summed E-state index contributed by atoms with van der Waals surface area (Å²) < 4.78 is 0. The van der Waals surface area contributed by atoms with Crippen LogP contribution in [0.1, 0.15) is 12.6 Å². The number of para-hydroxylation sites is 1. The van der Waals surface area contributed by atoms with Crippen LogP contribution in [0.25, 0.3) is 10.9 Å². The Morgan fingerprint density at radius 1 is 1.35 bits per heavy atom. The van der Waals surface area contributed by atoms with Gasteiger partial charge in [0.2, 0.25) is 0 Å². The Labute approximate surface area is 112 Å². The molecule has 1 unspecified atom stereocenters. The van der Waals surface area contributed by atoms with Crippen molar-refractivity contribution in [1.82, 2.24) is 4.98 Å². The van der Waals surface area contributed by atoms with Gasteiger partial charge in [0.1, 0.15) is 0 Å². The molecule has 0 N–H and O–H groups in total. The predicted molar refractivity (Wildman–Crippen MR) is 77.1 cm³/mol. The number of hydrogen-bond acceptors (Lipinski definition) is 2. The minimum absolute atomic E-state index is 0.536. The van der Waals surface area contributed by atoms with E-state index in [1.807, 2.05) is 24.8 Å². The van der Waals surface area contributed by atoms with Crippen molar-refractivity contribution in [3.63, 3.8) is 0 Å². The molecule has 0 aliphatic rings. The Morgan fingerprint density at radius 3 is 2.88 bits per heavy atom. The summed E-state index contributed by atoms with van der Waals surface area (Å²) >= 11 is 7.71. The van der Waals surface area contributed by atoms with E-state index in [9.17, 15) is 0 Å². The van der Waals surface area contributed by atoms with Crippen molar-refractivity contribution in [2.75, 3.05) is 11.6 Å². The Kier molecular flexibility index (Phi) is 4.30. The van der Waals surface area contributed by atoms with Crippen molar-refractivity contribution >= 4 is 34.3 Å². The van der Waals surface area contributed by atoms with E-state index in [1.54, 1.807) is 0 Å². The van der Waals surface area contributed by atoms with E-state index >= 15 is 0 Å². The van der Waals surface area contributed by atoms with Crippen LogP contribution in [0.4, 0.5) is 0 Å². The maximum Gasteiger partial charge on any atom is 0.0716 e. The smallest absolute Gasteiger partial charge is 0.0716 e. The maximum absolute atomic E-state index is 5.84. The van der Waals surface area contributed by atoms with E-state index in [1.165, 1.54) is 10.3 Å². The van der Waals surface area contributed by atoms with Gasteiger partial charge in [-0.2, -0.15) is 0 Å². The highest BCUT2D eigenvalue weighted by molar-refractivity contribution is 7.99. The summed E-state index contributed by atoms with van der Waals surface area (Å²) in [7, 11) is 0. The largest absolute Gasteiger partial charge is 0.253 e. The fraction of sp³-hybridized carbons (Fsp3) is 0.357. The number of nitrogens with zero attached hydrogens (tertiary/aromatic N) is 1. The quantitative estimate of drug-likeness (QED) is 0.596. The molecule has 90 valence electrons. The summed E-state index contributed by atoms with van der Waals surface area (Å²) in [5, 5.41) is 1.24. The van der Waals surface area contributed by atoms with Crippen LogP contribution < -0.4 is 0 Å². The van der Waals surface area contributed by atoms with Gasteiger partial charge < -0.3 is 0 Å². The maximum atomic E-state index is 5.84. The lowest BCUT2D eigenvalue weighted by molar-refractivity contribution is 0.759. The SMILES string of the molecule is Cc1cc(SCC(C)CCl)c2ccccc2n1. The summed E-state index contributed by atoms with van der Waals surface area (Å²) in [6.07, 6.45) is 0. The number of aromatic nitrogens is 1. The fourth-order valence-electron chi connectivity index (χ4n) is 1.67. The molecule has 0 radical (unpaired) electrons. The zero-order valence-electron chi connectivity index (χ0n) is 10.1. The number of rotatable bonds is 4. The van der Waals surface area contributed by atoms with Crippen LogP contribution in [0, 0.1) is 12.8 Å². The van der Waals surface area contributed by atoms with Crippen LogP contribution >= 0.6 is 23.4 Å². The predicted octanol–water partition coefficient (Wildman–Crippen LogP) is 4.51. The molecule has 0 saturated heterocycles. The fourth-order valence-corrected chi connectivity index (χ4v) is 3.07. The number of thioether (sulfide) groups is 1. The Bertz CT molecular complexity index is 513. The van der Waals surface area contributed by atoms with Crippen LogP contribution in [-0.2, 0) is 0 Å². The van der Waals surface area contributed by atoms with Gasteiger partial charge in [-0.05, 0) is 25.0 Å². The average Bonchev–Trinajstić information content (AvgIpc) is 2.35. The summed E-state index contributed by atoms with van der Waals surface area (Å²) in [5.41, 5.74) is 2.15. The standard InChI is InChI=1S/C14H16ClNS/c1-10(8-15)9-17-14-7-11(2)16-13-6-4-3-5-12(13)14/h3-7,10H,8-9H2,1-2H3. The van der Waals surface area contributed by atoms with Gasteiger partial charge in [-0.1, -0.05) is 25.1 Å². The molecule has 0 spiro atoms. The van der Waals surface area contributed by atoms with Crippen LogP contribution in [-0.4, -0.2) is 16.6 Å². The van der Waals surface area contributed by atoms with Crippen LogP contribution in [0.5, 0.6) is 0 Å². The van der Waals surface area contributed by atoms with Crippen molar-refractivity contribution in [2.24, 2.45) is 5.92 Å². The third-order valence-electron chi connectivity index (χ3n) is 2.59. The molecule has 1 aromatic carbocycles. The number of aryl methyl sites for hydroxylation is 1. The van der Waals surface area contributed by atoms with Gasteiger partial charge in [-0.15, -0.1) is 23.4 Å². The first-order valence-corrected chi connectivity index (χ1v) is 7.28. The first-order valence-electron chi connectivity index (χ1n) is 5.76. The molecule has 1 heterocycles. The highest BCUT2D eigenvalue weighted by Crippen LogP contribution is 2.29. The number of fused-ring (bicyclic) bond motifs is 1. The summed E-state index contributed by atoms with van der Waals surface area (Å²) in [5.74, 6) is 2.31. The molecule has 0 fully saturated rings. The van der Waals surface area contributed by atoms with E-state index in [-0.39, 0.29) is 0 Å². The van der Waals surface area contributed by atoms with Gasteiger partial charge in [0.25, 0.3) is 0 Å². The van der Waals surface area contributed by atoms with E-state index in [2.05, 4.69) is 36.2 Å². The van der Waals surface area contributed by atoms with Crippen molar-refractivity contribution in [2.45, 2.75) is 18.7 Å². The molecule has 0 aliphatic carbocycles. The monoisotopic (exact) mass is 265 g/mol. The van der Waals surface area contributed by atoms with E-state index in [4.69, 9.17) is 11.6 Å². The number of alkyl halides is 1. The molecule has 17 heavy (non-hydrogen) atoms. The molecule has 2 aromatic rings. The van der Waals surface area contributed by atoms with Crippen LogP contribution in [0.15, 0.2) is 35.2 Å². The van der Waals surface area contributed by atoms with E-state index in [0.717, 1.165) is 22.8 Å². The molecule has 3 heteroatoms. The van der Waals surface area contributed by atoms with Gasteiger partial charge in [-0.3, -0.25) is 4.98 Å². The summed E-state index contributed by atoms with van der Waals surface area (Å²) in [4.78, 5) is 5.85. The van der Waals surface area contributed by atoms with Gasteiger partial charge in [0, 0.05) is 27.6 Å². The zero-order chi connectivity index (χ0) is 12.3. The van der Waals surface area contributed by atoms with Crippen molar-refractivity contribution in [1.29, 1.82) is 0 Å². The average molecular weight is 266 g/mol. The van der Waals surface area contributed by atoms with Crippen LogP contribution in [0.3, 0.4) is 0 Å². The third-order valence-corrected chi connectivity index (χ3v) is 4.50. The van der Waals surface area contributed by atoms with E-state index < -0.39 is 0 Å². The van der Waals surface area contributed by atoms with Gasteiger partial charge in [0.15, 0.2) is 0 Å². The summed E-state index contributed by atoms with van der Waals surface area (Å²) in [6.45, 7) is 4.22. The zero-order valence-corrected chi connectivity index (χ0v) is 11.7. The highest BCUT2D eigenvalue weighted by atomic mass is 35.5. The lowest BCUT2D eigenvalue weighted by atomic mass is 10.2. The van der Waals surface area contributed by atoms with Crippen molar-refractivity contribution in [3.05, 3.63) is 36.0 Å². The molecule has 2 rings (SSSR count). The number of hydrogen-bond donors (Lipinski definition) is 0. The second-order valence-electron chi connectivity index (χ2n) is 4.35. The normalized spacial score (nSPS) is 12.9. The second kappa shape index (κ2) is 5.74. The van der Waals surface area contributed by atoms with Gasteiger partial charge >= 0.3 is 0 Å². The minimum Gasteiger partial charge on any atom is -0.253 e. The molecule has 1 atom stereocenters. The first kappa shape index (κ1) is 12.7. The molecular formula is C14H16ClNS. The molecule has 0 amide bonds. The number of pyridine rings is 1. The van der Waals surface area contributed by atoms with Crippen molar-refractivity contribution in [3.8, 4) is 0 Å². The van der Waals surface area contributed by atoms with Crippen molar-refractivity contribution < 1.29 is 0 Å². The topological polar surface area (TPSA) is 12.9 Å². The molecular weight excluding hydrogens is 250 g/mol. The molecule has 0 bridgehead atoms. The lowest BCUT2D eigenvalue weighted by Crippen LogP contribution is -1.99. The Balaban J connectivity index is 2.32. The molecule has 0 saturated carbocycles. The second-order valence-corrected chi connectivity index (χ2v) is 5.72. The Hall–Kier alpha value is -0.730. The third kappa shape index (κ3) is 3.14. The van der Waals surface area contributed by atoms with E-state index in [0.29, 0.717) is 5.92 Å².